The van der Waals surface area contributed by atoms with Gasteiger partial charge in [0, 0.05) is 19.8 Å². The Bertz CT molecular complexity index is 1200. The molecule has 34 heavy (non-hydrogen) atoms. The number of halogens is 3. The van der Waals surface area contributed by atoms with Crippen molar-refractivity contribution >= 4 is 18.1 Å². The molecule has 1 amide bonds. The van der Waals surface area contributed by atoms with Crippen molar-refractivity contribution in [3.63, 3.8) is 0 Å². The molecule has 182 valence electrons. The lowest BCUT2D eigenvalue weighted by Gasteiger charge is -2.24. The van der Waals surface area contributed by atoms with Gasteiger partial charge in [0.25, 0.3) is 0 Å². The van der Waals surface area contributed by atoms with Crippen LogP contribution in [0.1, 0.15) is 5.56 Å². The molecule has 0 saturated heterocycles. The van der Waals surface area contributed by atoms with Gasteiger partial charge >= 0.3 is 6.18 Å². The number of hydrogen-bond acceptors (Lipinski definition) is 5. The molecule has 0 spiro atoms. The third-order valence-corrected chi connectivity index (χ3v) is 5.47. The fourth-order valence-electron chi connectivity index (χ4n) is 3.36. The molecule has 0 saturated carbocycles. The molecule has 0 aliphatic rings. The van der Waals surface area contributed by atoms with Gasteiger partial charge in [-0.2, -0.15) is 13.2 Å². The summed E-state index contributed by atoms with van der Waals surface area (Å²) in [4.78, 5) is 14.4. The van der Waals surface area contributed by atoms with E-state index in [1.807, 2.05) is 43.3 Å². The van der Waals surface area contributed by atoms with Gasteiger partial charge in [0.2, 0.25) is 10.7 Å². The van der Waals surface area contributed by atoms with Crippen LogP contribution in [-0.4, -0.2) is 70.5 Å². The highest BCUT2D eigenvalue weighted by atomic mass is 32.1. The first kappa shape index (κ1) is 25.4. The maximum absolute atomic E-state index is 13.3. The van der Waals surface area contributed by atoms with Crippen molar-refractivity contribution in [1.29, 1.82) is 0 Å². The van der Waals surface area contributed by atoms with E-state index in [0.29, 0.717) is 22.8 Å². The standard InChI is InChI=1S/C23H26F3N5O2S/c1-16-9-11-17(12-10-16)31-21(18-7-5-6-8-19(18)33-4)27-30(22(31)34)15-29(14-23(24,25)26)13-20(32)28(2)3/h5-12H,13-15H2,1-4H3. The maximum atomic E-state index is 13.3. The number of carbonyl (C=O) groups is 1. The summed E-state index contributed by atoms with van der Waals surface area (Å²) in [5.74, 6) is 0.494. The van der Waals surface area contributed by atoms with E-state index >= 15 is 0 Å². The van der Waals surface area contributed by atoms with Gasteiger partial charge in [0.05, 0.1) is 32.4 Å². The highest BCUT2D eigenvalue weighted by molar-refractivity contribution is 7.71. The van der Waals surface area contributed by atoms with Crippen LogP contribution in [0.15, 0.2) is 48.5 Å². The monoisotopic (exact) mass is 493 g/mol. The molecule has 2 aromatic carbocycles. The zero-order valence-electron chi connectivity index (χ0n) is 19.3. The van der Waals surface area contributed by atoms with Crippen molar-refractivity contribution in [2.75, 3.05) is 34.3 Å². The van der Waals surface area contributed by atoms with E-state index in [1.54, 1.807) is 16.7 Å². The van der Waals surface area contributed by atoms with Gasteiger partial charge in [-0.3, -0.25) is 14.3 Å². The fourth-order valence-corrected chi connectivity index (χ4v) is 3.65. The van der Waals surface area contributed by atoms with Crippen LogP contribution >= 0.6 is 12.2 Å². The zero-order chi connectivity index (χ0) is 25.0. The Morgan fingerprint density at radius 1 is 1.12 bits per heavy atom. The van der Waals surface area contributed by atoms with Crippen molar-refractivity contribution in [2.45, 2.75) is 19.8 Å². The van der Waals surface area contributed by atoms with Gasteiger partial charge in [-0.05, 0) is 43.4 Å². The molecule has 0 fully saturated rings. The molecular formula is C23H26F3N5O2S. The molecule has 0 radical (unpaired) electrons. The molecule has 0 aliphatic carbocycles. The number of methoxy groups -OCH3 is 1. The number of alkyl halides is 3. The van der Waals surface area contributed by atoms with Gasteiger partial charge in [-0.1, -0.05) is 29.8 Å². The summed E-state index contributed by atoms with van der Waals surface area (Å²) in [5, 5.41) is 4.57. The van der Waals surface area contributed by atoms with E-state index in [4.69, 9.17) is 17.0 Å². The Hall–Kier alpha value is -3.18. The highest BCUT2D eigenvalue weighted by Gasteiger charge is 2.32. The first-order valence-corrected chi connectivity index (χ1v) is 10.8. The first-order chi connectivity index (χ1) is 16.0. The largest absolute Gasteiger partial charge is 0.496 e. The van der Waals surface area contributed by atoms with Gasteiger partial charge in [-0.15, -0.1) is 5.10 Å². The van der Waals surface area contributed by atoms with Gasteiger partial charge in [0.1, 0.15) is 5.75 Å². The Morgan fingerprint density at radius 2 is 1.76 bits per heavy atom. The third-order valence-electron chi connectivity index (χ3n) is 5.07. The molecule has 0 atom stereocenters. The molecule has 1 heterocycles. The first-order valence-electron chi connectivity index (χ1n) is 10.4. The third kappa shape index (κ3) is 6.03. The number of likely N-dealkylation sites (N-methyl/N-ethyl adjacent to an activating group) is 1. The summed E-state index contributed by atoms with van der Waals surface area (Å²) >= 11 is 5.65. The van der Waals surface area contributed by atoms with Gasteiger partial charge in [0.15, 0.2) is 5.82 Å². The van der Waals surface area contributed by atoms with Crippen LogP contribution in [0.25, 0.3) is 17.1 Å². The van der Waals surface area contributed by atoms with Crippen molar-refractivity contribution in [3.05, 3.63) is 58.9 Å². The summed E-state index contributed by atoms with van der Waals surface area (Å²) < 4.78 is 48.5. The lowest BCUT2D eigenvalue weighted by Crippen LogP contribution is -2.42. The van der Waals surface area contributed by atoms with Crippen LogP contribution in [0.4, 0.5) is 13.2 Å². The SMILES string of the molecule is COc1ccccc1-c1nn(CN(CC(=O)N(C)C)CC(F)(F)F)c(=S)n1-c1ccc(C)cc1. The Morgan fingerprint density at radius 3 is 2.35 bits per heavy atom. The molecular weight excluding hydrogens is 467 g/mol. The van der Waals surface area contributed by atoms with Crippen molar-refractivity contribution in [2.24, 2.45) is 0 Å². The average Bonchev–Trinajstić information content (AvgIpc) is 3.08. The van der Waals surface area contributed by atoms with Crippen molar-refractivity contribution in [1.82, 2.24) is 24.1 Å². The van der Waals surface area contributed by atoms with E-state index in [9.17, 15) is 18.0 Å². The predicted molar refractivity (Wildman–Crippen MR) is 125 cm³/mol. The summed E-state index contributed by atoms with van der Waals surface area (Å²) in [7, 11) is 4.51. The smallest absolute Gasteiger partial charge is 0.401 e. The molecule has 7 nitrogen and oxygen atoms in total. The summed E-state index contributed by atoms with van der Waals surface area (Å²) in [5.41, 5.74) is 2.37. The normalized spacial score (nSPS) is 11.6. The number of hydrogen-bond donors (Lipinski definition) is 0. The van der Waals surface area contributed by atoms with Gasteiger partial charge in [-0.25, -0.2) is 4.68 Å². The maximum Gasteiger partial charge on any atom is 0.401 e. The number of benzene rings is 2. The molecule has 0 unspecified atom stereocenters. The molecule has 0 N–H and O–H groups in total. The van der Waals surface area contributed by atoms with Crippen molar-refractivity contribution < 1.29 is 22.7 Å². The van der Waals surface area contributed by atoms with Crippen LogP contribution in [0.3, 0.4) is 0 Å². The minimum atomic E-state index is -4.50. The summed E-state index contributed by atoms with van der Waals surface area (Å²) in [6, 6.07) is 14.7. The molecule has 3 rings (SSSR count). The average molecular weight is 494 g/mol. The number of para-hydroxylation sites is 1. The number of aromatic nitrogens is 3. The van der Waals surface area contributed by atoms with E-state index in [0.717, 1.165) is 10.5 Å². The topological polar surface area (TPSA) is 55.5 Å². The quantitative estimate of drug-likeness (QED) is 0.438. The van der Waals surface area contributed by atoms with Crippen molar-refractivity contribution in [3.8, 4) is 22.8 Å². The van der Waals surface area contributed by atoms with Crippen LogP contribution in [-0.2, 0) is 11.5 Å². The number of ether oxygens (including phenoxy) is 1. The second-order valence-corrected chi connectivity index (χ2v) is 8.37. The van der Waals surface area contributed by atoms with Gasteiger partial charge < -0.3 is 9.64 Å². The Kier molecular flexibility index (Phi) is 7.78. The van der Waals surface area contributed by atoms with Crippen LogP contribution in [0.5, 0.6) is 5.75 Å². The van der Waals surface area contributed by atoms with Crippen LogP contribution < -0.4 is 4.74 Å². The minimum Gasteiger partial charge on any atom is -0.496 e. The number of nitrogens with zero attached hydrogens (tertiary/aromatic N) is 5. The summed E-state index contributed by atoms with van der Waals surface area (Å²) in [6.07, 6.45) is -4.50. The number of carbonyl (C=O) groups excluding carboxylic acids is 1. The van der Waals surface area contributed by atoms with E-state index in [2.05, 4.69) is 5.10 Å². The predicted octanol–water partition coefficient (Wildman–Crippen LogP) is 4.30. The highest BCUT2D eigenvalue weighted by Crippen LogP contribution is 2.31. The van der Waals surface area contributed by atoms with Crippen LogP contribution in [0.2, 0.25) is 0 Å². The lowest BCUT2D eigenvalue weighted by molar-refractivity contribution is -0.154. The molecule has 0 bridgehead atoms. The second-order valence-electron chi connectivity index (χ2n) is 8.01. The number of rotatable bonds is 8. The lowest BCUT2D eigenvalue weighted by atomic mass is 10.1. The zero-order valence-corrected chi connectivity index (χ0v) is 20.2. The molecule has 3 aromatic rings. The van der Waals surface area contributed by atoms with E-state index < -0.39 is 25.2 Å². The molecule has 11 heteroatoms. The minimum absolute atomic E-state index is 0.189. The summed E-state index contributed by atoms with van der Waals surface area (Å²) in [6.45, 7) is -0.0886. The molecule has 1 aromatic heterocycles. The van der Waals surface area contributed by atoms with Crippen LogP contribution in [0, 0.1) is 11.7 Å². The second kappa shape index (κ2) is 10.4. The number of amides is 1. The number of aryl methyl sites for hydroxylation is 1. The Balaban J connectivity index is 2.13. The molecule has 0 aliphatic heterocycles. The van der Waals surface area contributed by atoms with E-state index in [-0.39, 0.29) is 11.4 Å². The fraction of sp³-hybridized carbons (Fsp3) is 0.348. The van der Waals surface area contributed by atoms with E-state index in [1.165, 1.54) is 30.8 Å². The Labute approximate surface area is 201 Å².